The minimum atomic E-state index is -0.233. The van der Waals surface area contributed by atoms with Crippen LogP contribution in [0.1, 0.15) is 13.8 Å². The van der Waals surface area contributed by atoms with Gasteiger partial charge in [-0.3, -0.25) is 4.90 Å². The van der Waals surface area contributed by atoms with E-state index in [4.69, 9.17) is 22.7 Å². The largest absolute Gasteiger partial charge is 0.481 e. The summed E-state index contributed by atoms with van der Waals surface area (Å²) in [6.45, 7) is 7.81. The van der Waals surface area contributed by atoms with E-state index in [1.54, 1.807) is 7.11 Å². The monoisotopic (exact) mass is 294 g/mol. The van der Waals surface area contributed by atoms with Crippen LogP contribution in [0.4, 0.5) is 5.82 Å². The lowest BCUT2D eigenvalue weighted by atomic mass is 10.0. The van der Waals surface area contributed by atoms with Gasteiger partial charge in [-0.2, -0.15) is 4.98 Å². The van der Waals surface area contributed by atoms with E-state index in [0.29, 0.717) is 10.9 Å². The Balaban J connectivity index is 2.02. The molecule has 20 heavy (non-hydrogen) atoms. The molecule has 0 bridgehead atoms. The Labute approximate surface area is 125 Å². The van der Waals surface area contributed by atoms with Crippen molar-refractivity contribution in [1.82, 2.24) is 9.88 Å². The summed E-state index contributed by atoms with van der Waals surface area (Å²) >= 11 is 5.16. The molecule has 1 aliphatic rings. The molecule has 0 aliphatic carbocycles. The van der Waals surface area contributed by atoms with Crippen molar-refractivity contribution in [3.05, 3.63) is 18.2 Å². The molecule has 0 radical (unpaired) electrons. The van der Waals surface area contributed by atoms with E-state index in [2.05, 4.69) is 28.6 Å². The van der Waals surface area contributed by atoms with Crippen LogP contribution in [-0.2, 0) is 0 Å². The van der Waals surface area contributed by atoms with Crippen molar-refractivity contribution in [2.75, 3.05) is 38.2 Å². The minimum absolute atomic E-state index is 0.233. The third-order valence-corrected chi connectivity index (χ3v) is 4.41. The first-order valence-electron chi connectivity index (χ1n) is 6.76. The smallest absolute Gasteiger partial charge is 0.214 e. The molecule has 1 saturated heterocycles. The highest BCUT2D eigenvalue weighted by Gasteiger charge is 2.32. The first-order chi connectivity index (χ1) is 9.45. The van der Waals surface area contributed by atoms with E-state index >= 15 is 0 Å². The van der Waals surface area contributed by atoms with Gasteiger partial charge < -0.3 is 15.4 Å². The van der Waals surface area contributed by atoms with Crippen LogP contribution >= 0.6 is 12.2 Å². The molecule has 0 atom stereocenters. The molecule has 0 unspecified atom stereocenters. The second-order valence-electron chi connectivity index (χ2n) is 5.44. The molecule has 110 valence electrons. The van der Waals surface area contributed by atoms with Gasteiger partial charge in [0.1, 0.15) is 5.82 Å². The van der Waals surface area contributed by atoms with E-state index in [1.807, 2.05) is 18.2 Å². The van der Waals surface area contributed by atoms with Crippen LogP contribution in [0.2, 0.25) is 0 Å². The summed E-state index contributed by atoms with van der Waals surface area (Å²) in [6.07, 6.45) is 0. The Morgan fingerprint density at radius 2 is 1.95 bits per heavy atom. The molecule has 0 saturated carbocycles. The maximum absolute atomic E-state index is 5.83. The molecule has 1 fully saturated rings. The van der Waals surface area contributed by atoms with Crippen LogP contribution in [0.25, 0.3) is 0 Å². The number of aromatic nitrogens is 1. The maximum Gasteiger partial charge on any atom is 0.214 e. The average molecular weight is 294 g/mol. The summed E-state index contributed by atoms with van der Waals surface area (Å²) < 4.78 is 5.17. The van der Waals surface area contributed by atoms with Crippen molar-refractivity contribution in [3.8, 4) is 5.88 Å². The number of hydrogen-bond donors (Lipinski definition) is 1. The van der Waals surface area contributed by atoms with Gasteiger partial charge in [0.05, 0.1) is 17.6 Å². The number of piperazine rings is 1. The quantitative estimate of drug-likeness (QED) is 0.844. The van der Waals surface area contributed by atoms with Crippen molar-refractivity contribution < 1.29 is 4.74 Å². The number of anilines is 1. The van der Waals surface area contributed by atoms with Crippen LogP contribution in [0, 0.1) is 0 Å². The second kappa shape index (κ2) is 5.93. The summed E-state index contributed by atoms with van der Waals surface area (Å²) in [5, 5.41) is 0. The molecule has 0 aromatic carbocycles. The average Bonchev–Trinajstić information content (AvgIpc) is 2.47. The van der Waals surface area contributed by atoms with Crippen LogP contribution < -0.4 is 15.4 Å². The van der Waals surface area contributed by atoms with Crippen molar-refractivity contribution in [1.29, 1.82) is 0 Å². The third-order valence-electron chi connectivity index (χ3n) is 3.92. The molecule has 2 N–H and O–H groups in total. The molecule has 1 aliphatic heterocycles. The molecule has 2 rings (SSSR count). The minimum Gasteiger partial charge on any atom is -0.481 e. The molecular formula is C14H22N4OS. The zero-order valence-corrected chi connectivity index (χ0v) is 13.1. The van der Waals surface area contributed by atoms with E-state index in [1.165, 1.54) is 0 Å². The number of nitrogens with zero attached hydrogens (tertiary/aromatic N) is 3. The summed E-state index contributed by atoms with van der Waals surface area (Å²) in [5.41, 5.74) is 5.60. The van der Waals surface area contributed by atoms with Crippen LogP contribution in [0.5, 0.6) is 5.88 Å². The summed E-state index contributed by atoms with van der Waals surface area (Å²) in [4.78, 5) is 9.60. The lowest BCUT2D eigenvalue weighted by Gasteiger charge is -2.43. The van der Waals surface area contributed by atoms with Crippen molar-refractivity contribution in [3.63, 3.8) is 0 Å². The van der Waals surface area contributed by atoms with Gasteiger partial charge in [0.15, 0.2) is 0 Å². The summed E-state index contributed by atoms with van der Waals surface area (Å²) in [7, 11) is 1.63. The lowest BCUT2D eigenvalue weighted by Crippen LogP contribution is -2.59. The normalized spacial score (nSPS) is 17.1. The molecular weight excluding hydrogens is 272 g/mol. The number of pyridine rings is 1. The molecule has 1 aromatic rings. The van der Waals surface area contributed by atoms with Gasteiger partial charge in [-0.15, -0.1) is 0 Å². The second-order valence-corrected chi connectivity index (χ2v) is 5.88. The number of nitrogens with two attached hydrogens (primary N) is 1. The highest BCUT2D eigenvalue weighted by atomic mass is 32.1. The number of methoxy groups -OCH3 is 1. The Bertz CT molecular complexity index is 484. The van der Waals surface area contributed by atoms with Gasteiger partial charge in [-0.1, -0.05) is 18.3 Å². The Morgan fingerprint density at radius 1 is 1.30 bits per heavy atom. The van der Waals surface area contributed by atoms with Gasteiger partial charge >= 0.3 is 0 Å². The standard InChI is InChI=1S/C14H22N4OS/c1-14(2,13(15)20)18-9-7-17(8-10-18)11-5-4-6-12(16-11)19-3/h4-6H,7-10H2,1-3H3,(H2,15,20). The molecule has 0 spiro atoms. The van der Waals surface area contributed by atoms with Crippen molar-refractivity contribution in [2.24, 2.45) is 5.73 Å². The van der Waals surface area contributed by atoms with E-state index in [-0.39, 0.29) is 5.54 Å². The lowest BCUT2D eigenvalue weighted by molar-refractivity contribution is 0.168. The Morgan fingerprint density at radius 3 is 2.50 bits per heavy atom. The molecule has 0 amide bonds. The number of thiocarbonyl (C=S) groups is 1. The topological polar surface area (TPSA) is 54.6 Å². The number of rotatable bonds is 4. The highest BCUT2D eigenvalue weighted by molar-refractivity contribution is 7.80. The SMILES string of the molecule is COc1cccc(N2CCN(C(C)(C)C(N)=S)CC2)n1. The van der Waals surface area contributed by atoms with Gasteiger partial charge in [0, 0.05) is 32.2 Å². The third kappa shape index (κ3) is 3.02. The van der Waals surface area contributed by atoms with E-state index < -0.39 is 0 Å². The predicted octanol–water partition coefficient (Wildman–Crippen LogP) is 1.28. The van der Waals surface area contributed by atoms with Gasteiger partial charge in [0.2, 0.25) is 5.88 Å². The fraction of sp³-hybridized carbons (Fsp3) is 0.571. The zero-order chi connectivity index (χ0) is 14.8. The Hall–Kier alpha value is -1.40. The van der Waals surface area contributed by atoms with Gasteiger partial charge in [0.25, 0.3) is 0 Å². The first kappa shape index (κ1) is 15.0. The molecule has 2 heterocycles. The van der Waals surface area contributed by atoms with Crippen LogP contribution in [0.3, 0.4) is 0 Å². The highest BCUT2D eigenvalue weighted by Crippen LogP contribution is 2.21. The predicted molar refractivity (Wildman–Crippen MR) is 85.4 cm³/mol. The molecule has 5 nitrogen and oxygen atoms in total. The fourth-order valence-electron chi connectivity index (χ4n) is 2.34. The van der Waals surface area contributed by atoms with Gasteiger partial charge in [-0.05, 0) is 19.9 Å². The van der Waals surface area contributed by atoms with E-state index in [0.717, 1.165) is 32.0 Å². The van der Waals surface area contributed by atoms with Crippen LogP contribution in [-0.4, -0.2) is 53.7 Å². The van der Waals surface area contributed by atoms with Crippen molar-refractivity contribution in [2.45, 2.75) is 19.4 Å². The summed E-state index contributed by atoms with van der Waals surface area (Å²) in [6, 6.07) is 5.83. The Kier molecular flexibility index (Phi) is 4.45. The summed E-state index contributed by atoms with van der Waals surface area (Å²) in [5.74, 6) is 1.60. The maximum atomic E-state index is 5.83. The van der Waals surface area contributed by atoms with Gasteiger partial charge in [-0.25, -0.2) is 0 Å². The van der Waals surface area contributed by atoms with Crippen LogP contribution in [0.15, 0.2) is 18.2 Å². The zero-order valence-electron chi connectivity index (χ0n) is 12.3. The first-order valence-corrected chi connectivity index (χ1v) is 7.17. The molecule has 1 aromatic heterocycles. The number of hydrogen-bond acceptors (Lipinski definition) is 5. The van der Waals surface area contributed by atoms with Crippen molar-refractivity contribution >= 4 is 23.0 Å². The van der Waals surface area contributed by atoms with E-state index in [9.17, 15) is 0 Å². The fourth-order valence-corrected chi connectivity index (χ4v) is 2.47. The molecule has 6 heteroatoms. The number of ether oxygens (including phenoxy) is 1.